The van der Waals surface area contributed by atoms with Crippen LogP contribution in [0.3, 0.4) is 0 Å². The first-order chi connectivity index (χ1) is 9.99. The highest BCUT2D eigenvalue weighted by molar-refractivity contribution is 5.39. The Labute approximate surface area is 120 Å². The summed E-state index contributed by atoms with van der Waals surface area (Å²) in [6, 6.07) is 7.31. The van der Waals surface area contributed by atoms with Gasteiger partial charge >= 0.3 is 6.18 Å². The molecule has 0 saturated carbocycles. The highest BCUT2D eigenvalue weighted by Crippen LogP contribution is 2.38. The molecule has 3 nitrogen and oxygen atoms in total. The molecule has 0 saturated heterocycles. The van der Waals surface area contributed by atoms with Crippen LogP contribution < -0.4 is 5.73 Å². The fourth-order valence-electron chi connectivity index (χ4n) is 2.80. The fraction of sp³-hybridized carbons (Fsp3) is 0.333. The molecule has 112 valence electrons. The number of nitrogens with zero attached hydrogens (tertiary/aromatic N) is 1. The highest BCUT2D eigenvalue weighted by Gasteiger charge is 2.35. The molecule has 2 aromatic rings. The lowest BCUT2D eigenvalue weighted by molar-refractivity contribution is -0.137. The van der Waals surface area contributed by atoms with Gasteiger partial charge < -0.3 is 10.2 Å². The normalized spacial score (nSPS) is 19.0. The summed E-state index contributed by atoms with van der Waals surface area (Å²) in [4.78, 5) is 2.03. The van der Waals surface area contributed by atoms with Gasteiger partial charge in [-0.3, -0.25) is 4.90 Å². The van der Waals surface area contributed by atoms with Gasteiger partial charge in [0.2, 0.25) is 0 Å². The van der Waals surface area contributed by atoms with Crippen LogP contribution in [0.15, 0.2) is 41.0 Å². The zero-order valence-electron chi connectivity index (χ0n) is 11.2. The molecule has 1 aromatic carbocycles. The lowest BCUT2D eigenvalue weighted by Crippen LogP contribution is -2.27. The summed E-state index contributed by atoms with van der Waals surface area (Å²) in [6.07, 6.45) is -2.75. The Morgan fingerprint density at radius 2 is 2.10 bits per heavy atom. The van der Waals surface area contributed by atoms with Gasteiger partial charge in [-0.05, 0) is 35.4 Å². The van der Waals surface area contributed by atoms with E-state index in [-0.39, 0.29) is 12.6 Å². The van der Waals surface area contributed by atoms with Crippen molar-refractivity contribution in [2.75, 3.05) is 6.54 Å². The highest BCUT2D eigenvalue weighted by atomic mass is 19.4. The van der Waals surface area contributed by atoms with E-state index in [4.69, 9.17) is 10.2 Å². The van der Waals surface area contributed by atoms with E-state index >= 15 is 0 Å². The van der Waals surface area contributed by atoms with Crippen molar-refractivity contribution >= 4 is 0 Å². The van der Waals surface area contributed by atoms with Crippen LogP contribution in [-0.4, -0.2) is 11.4 Å². The van der Waals surface area contributed by atoms with Gasteiger partial charge in [0.1, 0.15) is 5.76 Å². The third-order valence-corrected chi connectivity index (χ3v) is 3.81. The molecule has 0 spiro atoms. The van der Waals surface area contributed by atoms with Gasteiger partial charge in [-0.25, -0.2) is 0 Å². The number of furan rings is 1. The van der Waals surface area contributed by atoms with E-state index in [2.05, 4.69) is 0 Å². The van der Waals surface area contributed by atoms with E-state index < -0.39 is 11.7 Å². The van der Waals surface area contributed by atoms with Gasteiger partial charge in [0.25, 0.3) is 0 Å². The zero-order valence-corrected chi connectivity index (χ0v) is 11.2. The van der Waals surface area contributed by atoms with E-state index in [9.17, 15) is 13.2 Å². The molecule has 2 N–H and O–H groups in total. The molecular formula is C15H15F3N2O. The van der Waals surface area contributed by atoms with E-state index in [1.165, 1.54) is 6.07 Å². The lowest BCUT2D eigenvalue weighted by Gasteiger charge is -2.22. The van der Waals surface area contributed by atoms with Gasteiger partial charge in [0.05, 0.1) is 18.4 Å². The number of fused-ring (bicyclic) bond motifs is 1. The number of nitrogens with two attached hydrogens (primary N) is 1. The molecule has 0 amide bonds. The van der Waals surface area contributed by atoms with Crippen LogP contribution in [-0.2, 0) is 19.3 Å². The molecule has 0 radical (unpaired) electrons. The van der Waals surface area contributed by atoms with Crippen molar-refractivity contribution in [1.29, 1.82) is 0 Å². The number of benzene rings is 1. The molecule has 0 bridgehead atoms. The summed E-state index contributed by atoms with van der Waals surface area (Å²) < 4.78 is 43.8. The fourth-order valence-corrected chi connectivity index (χ4v) is 2.80. The first-order valence-corrected chi connectivity index (χ1v) is 6.65. The molecule has 1 unspecified atom stereocenters. The van der Waals surface area contributed by atoms with E-state index in [1.54, 1.807) is 18.4 Å². The van der Waals surface area contributed by atoms with Crippen LogP contribution in [0.5, 0.6) is 0 Å². The van der Waals surface area contributed by atoms with Gasteiger partial charge in [-0.15, -0.1) is 0 Å². The summed E-state index contributed by atoms with van der Waals surface area (Å²) >= 11 is 0. The summed E-state index contributed by atoms with van der Waals surface area (Å²) in [5, 5.41) is 0. The maximum Gasteiger partial charge on any atom is 0.416 e. The van der Waals surface area contributed by atoms with Crippen LogP contribution in [0.2, 0.25) is 0 Å². The Kier molecular flexibility index (Phi) is 3.51. The van der Waals surface area contributed by atoms with Gasteiger partial charge in [-0.1, -0.05) is 6.07 Å². The molecule has 6 heteroatoms. The van der Waals surface area contributed by atoms with Crippen molar-refractivity contribution in [3.05, 3.63) is 59.0 Å². The Balaban J connectivity index is 1.89. The molecule has 0 aliphatic carbocycles. The van der Waals surface area contributed by atoms with E-state index in [0.717, 1.165) is 17.4 Å². The first kappa shape index (κ1) is 14.2. The molecule has 1 aliphatic rings. The topological polar surface area (TPSA) is 42.4 Å². The Bertz CT molecular complexity index is 622. The second-order valence-corrected chi connectivity index (χ2v) is 5.15. The Morgan fingerprint density at radius 3 is 2.71 bits per heavy atom. The largest absolute Gasteiger partial charge is 0.468 e. The number of rotatable bonds is 3. The minimum Gasteiger partial charge on any atom is -0.468 e. The van der Waals surface area contributed by atoms with Crippen LogP contribution in [0.1, 0.15) is 28.5 Å². The van der Waals surface area contributed by atoms with Crippen molar-refractivity contribution < 1.29 is 17.6 Å². The number of hydrogen-bond donors (Lipinski definition) is 1. The van der Waals surface area contributed by atoms with Crippen molar-refractivity contribution in [3.63, 3.8) is 0 Å². The van der Waals surface area contributed by atoms with Crippen molar-refractivity contribution in [2.24, 2.45) is 5.73 Å². The van der Waals surface area contributed by atoms with Gasteiger partial charge in [0, 0.05) is 19.1 Å². The quantitative estimate of drug-likeness (QED) is 0.945. The standard InChI is InChI=1S/C15H15F3N2O/c16-15(17,18)11-4-3-10-8-20(9-12-2-1-5-21-12)14(7-19)13(10)6-11/h1-6,14H,7-9,19H2. The molecule has 1 aromatic heterocycles. The summed E-state index contributed by atoms with van der Waals surface area (Å²) in [5.74, 6) is 0.775. The minimum atomic E-state index is -4.33. The predicted molar refractivity (Wildman–Crippen MR) is 71.2 cm³/mol. The van der Waals surface area contributed by atoms with Crippen LogP contribution in [0.25, 0.3) is 0 Å². The maximum absolute atomic E-state index is 12.8. The van der Waals surface area contributed by atoms with Gasteiger partial charge in [0.15, 0.2) is 0 Å². The third kappa shape index (κ3) is 2.69. The number of hydrogen-bond acceptors (Lipinski definition) is 3. The number of alkyl halides is 3. The Morgan fingerprint density at radius 1 is 1.29 bits per heavy atom. The molecular weight excluding hydrogens is 281 g/mol. The zero-order chi connectivity index (χ0) is 15.0. The maximum atomic E-state index is 12.8. The molecule has 21 heavy (non-hydrogen) atoms. The Hall–Kier alpha value is -1.79. The second-order valence-electron chi connectivity index (χ2n) is 5.15. The van der Waals surface area contributed by atoms with E-state index in [0.29, 0.717) is 18.7 Å². The summed E-state index contributed by atoms with van der Waals surface area (Å²) in [5.41, 5.74) is 6.71. The van der Waals surface area contributed by atoms with Crippen molar-refractivity contribution in [2.45, 2.75) is 25.3 Å². The van der Waals surface area contributed by atoms with Crippen LogP contribution in [0.4, 0.5) is 13.2 Å². The molecule has 2 heterocycles. The first-order valence-electron chi connectivity index (χ1n) is 6.65. The molecule has 1 atom stereocenters. The van der Waals surface area contributed by atoms with Crippen LogP contribution >= 0.6 is 0 Å². The van der Waals surface area contributed by atoms with Crippen molar-refractivity contribution in [3.8, 4) is 0 Å². The minimum absolute atomic E-state index is 0.215. The van der Waals surface area contributed by atoms with Crippen molar-refractivity contribution in [1.82, 2.24) is 4.90 Å². The van der Waals surface area contributed by atoms with Crippen LogP contribution in [0, 0.1) is 0 Å². The molecule has 3 rings (SSSR count). The molecule has 0 fully saturated rings. The summed E-state index contributed by atoms with van der Waals surface area (Å²) in [7, 11) is 0. The average Bonchev–Trinajstić information content (AvgIpc) is 3.04. The number of halogens is 3. The van der Waals surface area contributed by atoms with Gasteiger partial charge in [-0.2, -0.15) is 13.2 Å². The predicted octanol–water partition coefficient (Wildman–Crippen LogP) is 3.31. The lowest BCUT2D eigenvalue weighted by atomic mass is 10.0. The SMILES string of the molecule is NCC1c2cc(C(F)(F)F)ccc2CN1Cc1ccco1. The smallest absolute Gasteiger partial charge is 0.416 e. The van der Waals surface area contributed by atoms with E-state index in [1.807, 2.05) is 11.0 Å². The second kappa shape index (κ2) is 5.20. The summed E-state index contributed by atoms with van der Waals surface area (Å²) in [6.45, 7) is 1.38. The average molecular weight is 296 g/mol. The third-order valence-electron chi connectivity index (χ3n) is 3.81. The molecule has 1 aliphatic heterocycles. The monoisotopic (exact) mass is 296 g/mol.